The summed E-state index contributed by atoms with van der Waals surface area (Å²) >= 11 is 1.50. The average Bonchev–Trinajstić information content (AvgIpc) is 3.12. The Morgan fingerprint density at radius 3 is 2.84 bits per heavy atom. The quantitative estimate of drug-likeness (QED) is 0.827. The van der Waals surface area contributed by atoms with Crippen molar-refractivity contribution >= 4 is 23.6 Å². The molecule has 1 saturated heterocycles. The number of hydrogen-bond donors (Lipinski definition) is 1. The van der Waals surface area contributed by atoms with E-state index in [9.17, 15) is 22.8 Å². The Hall–Kier alpha value is -1.64. The zero-order chi connectivity index (χ0) is 18.4. The number of furan rings is 1. The van der Waals surface area contributed by atoms with Crippen molar-refractivity contribution < 1.29 is 27.2 Å². The molecule has 1 aromatic rings. The molecule has 9 heteroatoms. The van der Waals surface area contributed by atoms with Gasteiger partial charge in [0.05, 0.1) is 12.2 Å². The number of piperidine rings is 1. The van der Waals surface area contributed by atoms with Gasteiger partial charge >= 0.3 is 6.18 Å². The van der Waals surface area contributed by atoms with Crippen molar-refractivity contribution in [1.82, 2.24) is 10.2 Å². The Labute approximate surface area is 148 Å². The minimum Gasteiger partial charge on any atom is -0.459 e. The number of rotatable bonds is 6. The van der Waals surface area contributed by atoms with Gasteiger partial charge in [0, 0.05) is 13.1 Å². The van der Waals surface area contributed by atoms with Gasteiger partial charge in [-0.3, -0.25) is 9.59 Å². The highest BCUT2D eigenvalue weighted by atomic mass is 32.2. The number of halogens is 3. The summed E-state index contributed by atoms with van der Waals surface area (Å²) < 4.78 is 43.9. The predicted octanol–water partition coefficient (Wildman–Crippen LogP) is 2.93. The molecule has 0 saturated carbocycles. The molecule has 140 valence electrons. The average molecular weight is 378 g/mol. The first-order valence-corrected chi connectivity index (χ1v) is 9.41. The summed E-state index contributed by atoms with van der Waals surface area (Å²) in [5, 5.41) is 2.59. The van der Waals surface area contributed by atoms with Gasteiger partial charge in [0.2, 0.25) is 5.91 Å². The van der Waals surface area contributed by atoms with Gasteiger partial charge in [0.15, 0.2) is 5.76 Å². The van der Waals surface area contributed by atoms with E-state index in [1.165, 1.54) is 29.0 Å². The maximum absolute atomic E-state index is 13.0. The van der Waals surface area contributed by atoms with Crippen molar-refractivity contribution in [2.24, 2.45) is 5.92 Å². The lowest BCUT2D eigenvalue weighted by Crippen LogP contribution is -2.53. The van der Waals surface area contributed by atoms with Crippen molar-refractivity contribution in [1.29, 1.82) is 0 Å². The molecule has 0 spiro atoms. The molecule has 5 nitrogen and oxygen atoms in total. The number of thioether (sulfide) groups is 1. The standard InChI is InChI=1S/C16H21F3N2O3S/c1-25-9-6-12(20-14(22)13-5-3-8-24-13)15(23)21-7-2-4-11(10-21)16(17,18)19/h3,5,8,11-12H,2,4,6-7,9-10H2,1H3,(H,20,22)/t11-,12-/m0/s1. The fourth-order valence-corrected chi connectivity index (χ4v) is 3.27. The molecule has 0 aromatic carbocycles. The molecule has 0 unspecified atom stereocenters. The van der Waals surface area contributed by atoms with E-state index in [4.69, 9.17) is 4.42 Å². The van der Waals surface area contributed by atoms with E-state index in [1.54, 1.807) is 6.07 Å². The predicted molar refractivity (Wildman–Crippen MR) is 88.3 cm³/mol. The molecule has 1 fully saturated rings. The van der Waals surface area contributed by atoms with Crippen LogP contribution in [0.1, 0.15) is 29.8 Å². The molecule has 0 radical (unpaired) electrons. The lowest BCUT2D eigenvalue weighted by Gasteiger charge is -2.35. The smallest absolute Gasteiger partial charge is 0.393 e. The first-order valence-electron chi connectivity index (χ1n) is 8.01. The van der Waals surface area contributed by atoms with E-state index < -0.39 is 30.0 Å². The van der Waals surface area contributed by atoms with Crippen LogP contribution >= 0.6 is 11.8 Å². The molecule has 2 atom stereocenters. The van der Waals surface area contributed by atoms with Crippen LogP contribution in [0.15, 0.2) is 22.8 Å². The van der Waals surface area contributed by atoms with Crippen LogP contribution in [0.3, 0.4) is 0 Å². The van der Waals surface area contributed by atoms with Gasteiger partial charge in [-0.15, -0.1) is 0 Å². The maximum Gasteiger partial charge on any atom is 0.393 e. The topological polar surface area (TPSA) is 62.6 Å². The largest absolute Gasteiger partial charge is 0.459 e. The molecule has 25 heavy (non-hydrogen) atoms. The zero-order valence-corrected chi connectivity index (χ0v) is 14.7. The van der Waals surface area contributed by atoms with E-state index in [0.29, 0.717) is 18.6 Å². The molecule has 2 heterocycles. The Morgan fingerprint density at radius 1 is 1.48 bits per heavy atom. The summed E-state index contributed by atoms with van der Waals surface area (Å²) in [5.41, 5.74) is 0. The first-order chi connectivity index (χ1) is 11.8. The van der Waals surface area contributed by atoms with Gasteiger partial charge in [-0.05, 0) is 43.4 Å². The molecule has 2 rings (SSSR count). The number of hydrogen-bond acceptors (Lipinski definition) is 4. The van der Waals surface area contributed by atoms with Crippen LogP contribution < -0.4 is 5.32 Å². The minimum atomic E-state index is -4.31. The summed E-state index contributed by atoms with van der Waals surface area (Å²) in [5.74, 6) is -1.86. The van der Waals surface area contributed by atoms with Gasteiger partial charge in [-0.2, -0.15) is 24.9 Å². The summed E-state index contributed by atoms with van der Waals surface area (Å²) in [6.07, 6.45) is -0.438. The number of amides is 2. The van der Waals surface area contributed by atoms with E-state index in [-0.39, 0.29) is 25.3 Å². The molecule has 1 aromatic heterocycles. The van der Waals surface area contributed by atoms with Gasteiger partial charge in [-0.25, -0.2) is 0 Å². The Balaban J connectivity index is 2.05. The van der Waals surface area contributed by atoms with Gasteiger partial charge in [-0.1, -0.05) is 0 Å². The van der Waals surface area contributed by atoms with Gasteiger partial charge in [0.25, 0.3) is 5.91 Å². The van der Waals surface area contributed by atoms with E-state index in [0.717, 1.165) is 0 Å². The van der Waals surface area contributed by atoms with E-state index >= 15 is 0 Å². The second kappa shape index (κ2) is 8.64. The molecule has 1 aliphatic rings. The van der Waals surface area contributed by atoms with Crippen molar-refractivity contribution in [2.45, 2.75) is 31.5 Å². The van der Waals surface area contributed by atoms with Crippen LogP contribution in [-0.4, -0.2) is 54.0 Å². The van der Waals surface area contributed by atoms with Crippen molar-refractivity contribution in [2.75, 3.05) is 25.1 Å². The molecule has 2 amide bonds. The third kappa shape index (κ3) is 5.42. The molecular formula is C16H21F3N2O3S. The van der Waals surface area contributed by atoms with Crippen LogP contribution in [0.5, 0.6) is 0 Å². The first kappa shape index (κ1) is 19.7. The lowest BCUT2D eigenvalue weighted by atomic mass is 9.96. The second-order valence-electron chi connectivity index (χ2n) is 5.95. The van der Waals surface area contributed by atoms with Crippen LogP contribution in [-0.2, 0) is 4.79 Å². The summed E-state index contributed by atoms with van der Waals surface area (Å²) in [6.45, 7) is -0.0769. The zero-order valence-electron chi connectivity index (χ0n) is 13.8. The number of likely N-dealkylation sites (tertiary alicyclic amines) is 1. The van der Waals surface area contributed by atoms with Crippen molar-refractivity contribution in [3.63, 3.8) is 0 Å². The number of alkyl halides is 3. The van der Waals surface area contributed by atoms with E-state index in [1.807, 2.05) is 6.26 Å². The monoisotopic (exact) mass is 378 g/mol. The normalized spacial score (nSPS) is 19.5. The number of nitrogens with zero attached hydrogens (tertiary/aromatic N) is 1. The molecule has 0 aliphatic carbocycles. The highest BCUT2D eigenvalue weighted by Crippen LogP contribution is 2.33. The number of nitrogens with one attached hydrogen (secondary N) is 1. The highest BCUT2D eigenvalue weighted by Gasteiger charge is 2.43. The SMILES string of the molecule is CSCC[C@H](NC(=O)c1ccco1)C(=O)N1CCC[C@H](C(F)(F)F)C1. The van der Waals surface area contributed by atoms with Crippen molar-refractivity contribution in [3.05, 3.63) is 24.2 Å². The van der Waals surface area contributed by atoms with Crippen LogP contribution in [0.2, 0.25) is 0 Å². The molecular weight excluding hydrogens is 357 g/mol. The van der Waals surface area contributed by atoms with E-state index in [2.05, 4.69) is 5.32 Å². The third-order valence-electron chi connectivity index (χ3n) is 4.16. The van der Waals surface area contributed by atoms with Crippen molar-refractivity contribution in [3.8, 4) is 0 Å². The van der Waals surface area contributed by atoms with Gasteiger partial charge < -0.3 is 14.6 Å². The van der Waals surface area contributed by atoms with Crippen LogP contribution in [0.4, 0.5) is 13.2 Å². The Kier molecular flexibility index (Phi) is 6.80. The molecule has 1 aliphatic heterocycles. The summed E-state index contributed by atoms with van der Waals surface area (Å²) in [4.78, 5) is 26.0. The molecule has 1 N–H and O–H groups in total. The third-order valence-corrected chi connectivity index (χ3v) is 4.80. The number of carbonyl (C=O) groups excluding carboxylic acids is 2. The fraction of sp³-hybridized carbons (Fsp3) is 0.625. The number of carbonyl (C=O) groups is 2. The highest BCUT2D eigenvalue weighted by molar-refractivity contribution is 7.98. The molecule has 0 bridgehead atoms. The van der Waals surface area contributed by atoms with Crippen LogP contribution in [0.25, 0.3) is 0 Å². The minimum absolute atomic E-state index is 0.0293. The fourth-order valence-electron chi connectivity index (χ4n) is 2.80. The Bertz CT molecular complexity index is 578. The summed E-state index contributed by atoms with van der Waals surface area (Å²) in [7, 11) is 0. The van der Waals surface area contributed by atoms with Crippen LogP contribution in [0, 0.1) is 5.92 Å². The van der Waals surface area contributed by atoms with Gasteiger partial charge in [0.1, 0.15) is 6.04 Å². The summed E-state index contributed by atoms with van der Waals surface area (Å²) in [6, 6.07) is 2.15. The Morgan fingerprint density at radius 2 is 2.24 bits per heavy atom. The maximum atomic E-state index is 13.0. The second-order valence-corrected chi connectivity index (χ2v) is 6.94. The lowest BCUT2D eigenvalue weighted by molar-refractivity contribution is -0.188.